The number of aromatic nitrogens is 2. The molecule has 1 amide bonds. The van der Waals surface area contributed by atoms with Crippen molar-refractivity contribution in [2.24, 2.45) is 0 Å². The molecule has 9 nitrogen and oxygen atoms in total. The van der Waals surface area contributed by atoms with Crippen LogP contribution in [0.3, 0.4) is 0 Å². The Bertz CT molecular complexity index is 1280. The number of aromatic amines is 1. The van der Waals surface area contributed by atoms with Crippen molar-refractivity contribution in [1.82, 2.24) is 14.7 Å². The third-order valence-electron chi connectivity index (χ3n) is 4.53. The van der Waals surface area contributed by atoms with Crippen LogP contribution in [0.1, 0.15) is 23.0 Å². The van der Waals surface area contributed by atoms with Crippen LogP contribution in [-0.2, 0) is 16.4 Å². The lowest BCUT2D eigenvalue weighted by molar-refractivity contribution is 0.102. The van der Waals surface area contributed by atoms with Gasteiger partial charge in [-0.25, -0.2) is 18.1 Å². The van der Waals surface area contributed by atoms with E-state index in [1.54, 1.807) is 24.3 Å². The van der Waals surface area contributed by atoms with Gasteiger partial charge < -0.3 is 15.0 Å². The first-order chi connectivity index (χ1) is 14.8. The number of rotatable bonds is 7. The number of carbonyl (C=O) groups excluding carboxylic acids is 1. The smallest absolute Gasteiger partial charge is 0.255 e. The van der Waals surface area contributed by atoms with Gasteiger partial charge in [0.25, 0.3) is 11.5 Å². The average Bonchev–Trinajstić information content (AvgIpc) is 2.78. The molecule has 2 aromatic carbocycles. The van der Waals surface area contributed by atoms with Crippen molar-refractivity contribution in [3.63, 3.8) is 0 Å². The number of H-pyrrole nitrogens is 1. The molecular weight excluding hydrogens is 420 g/mol. The molecule has 0 aliphatic heterocycles. The molecule has 0 spiro atoms. The number of nitrogens with one attached hydrogen (secondary N) is 3. The largest absolute Gasteiger partial charge is 0.495 e. The summed E-state index contributed by atoms with van der Waals surface area (Å²) in [6, 6.07) is 12.4. The SMILES string of the molecule is CCc1cc(=O)[nH]c(-c2cccc(NC(=O)c3ccc(OC)c(S(=O)(=O)NC)c3)c2)n1. The molecule has 3 aromatic rings. The Morgan fingerprint density at radius 1 is 1.16 bits per heavy atom. The molecule has 0 aliphatic carbocycles. The van der Waals surface area contributed by atoms with Gasteiger partial charge in [-0.3, -0.25) is 9.59 Å². The number of amides is 1. The summed E-state index contributed by atoms with van der Waals surface area (Å²) in [5.41, 5.74) is 1.62. The lowest BCUT2D eigenvalue weighted by Gasteiger charge is -2.12. The van der Waals surface area contributed by atoms with E-state index in [2.05, 4.69) is 20.0 Å². The molecule has 10 heteroatoms. The van der Waals surface area contributed by atoms with E-state index in [0.717, 1.165) is 0 Å². The van der Waals surface area contributed by atoms with E-state index in [9.17, 15) is 18.0 Å². The minimum Gasteiger partial charge on any atom is -0.495 e. The number of aryl methyl sites for hydroxylation is 1. The molecule has 0 unspecified atom stereocenters. The van der Waals surface area contributed by atoms with E-state index in [0.29, 0.717) is 29.2 Å². The fourth-order valence-corrected chi connectivity index (χ4v) is 3.83. The van der Waals surface area contributed by atoms with Gasteiger partial charge in [0.2, 0.25) is 10.0 Å². The summed E-state index contributed by atoms with van der Waals surface area (Å²) in [7, 11) is -1.20. The predicted molar refractivity (Wildman–Crippen MR) is 117 cm³/mol. The maximum atomic E-state index is 12.7. The minimum atomic E-state index is -3.82. The molecule has 3 N–H and O–H groups in total. The van der Waals surface area contributed by atoms with E-state index >= 15 is 0 Å². The fourth-order valence-electron chi connectivity index (χ4n) is 2.91. The van der Waals surface area contributed by atoms with Crippen molar-refractivity contribution in [1.29, 1.82) is 0 Å². The average molecular weight is 442 g/mol. The second kappa shape index (κ2) is 9.11. The highest BCUT2D eigenvalue weighted by Gasteiger charge is 2.20. The minimum absolute atomic E-state index is 0.124. The summed E-state index contributed by atoms with van der Waals surface area (Å²) in [6.07, 6.45) is 0.614. The predicted octanol–water partition coefficient (Wildman–Crippen LogP) is 2.17. The highest BCUT2D eigenvalue weighted by atomic mass is 32.2. The molecule has 0 fully saturated rings. The van der Waals surface area contributed by atoms with Crippen LogP contribution in [0.25, 0.3) is 11.4 Å². The fraction of sp³-hybridized carbons (Fsp3) is 0.190. The monoisotopic (exact) mass is 442 g/mol. The lowest BCUT2D eigenvalue weighted by atomic mass is 10.1. The Morgan fingerprint density at radius 3 is 2.61 bits per heavy atom. The van der Waals surface area contributed by atoms with Gasteiger partial charge in [-0.15, -0.1) is 0 Å². The van der Waals surface area contributed by atoms with Gasteiger partial charge >= 0.3 is 0 Å². The van der Waals surface area contributed by atoms with Crippen LogP contribution in [-0.4, -0.2) is 38.5 Å². The summed E-state index contributed by atoms with van der Waals surface area (Å²) >= 11 is 0. The van der Waals surface area contributed by atoms with Crippen molar-refractivity contribution < 1.29 is 17.9 Å². The number of methoxy groups -OCH3 is 1. The number of benzene rings is 2. The number of hydrogen-bond acceptors (Lipinski definition) is 6. The molecule has 31 heavy (non-hydrogen) atoms. The standard InChI is InChI=1S/C21H22N4O5S/c1-4-15-12-19(26)25-20(23-15)13-6-5-7-16(10-13)24-21(27)14-8-9-17(30-3)18(11-14)31(28,29)22-2/h5-12,22H,4H2,1-3H3,(H,24,27)(H,23,25,26). The van der Waals surface area contributed by atoms with Gasteiger partial charge in [-0.1, -0.05) is 19.1 Å². The van der Waals surface area contributed by atoms with Crippen LogP contribution in [0, 0.1) is 0 Å². The normalized spacial score (nSPS) is 11.2. The van der Waals surface area contributed by atoms with Crippen molar-refractivity contribution in [2.45, 2.75) is 18.2 Å². The molecule has 0 atom stereocenters. The van der Waals surface area contributed by atoms with Crippen molar-refractivity contribution in [3.05, 3.63) is 70.1 Å². The van der Waals surface area contributed by atoms with E-state index in [4.69, 9.17) is 4.74 Å². The van der Waals surface area contributed by atoms with Crippen LogP contribution in [0.4, 0.5) is 5.69 Å². The van der Waals surface area contributed by atoms with E-state index in [1.165, 1.54) is 38.4 Å². The Hall–Kier alpha value is -3.50. The number of hydrogen-bond donors (Lipinski definition) is 3. The quantitative estimate of drug-likeness (QED) is 0.514. The Kier molecular flexibility index (Phi) is 6.52. The Morgan fingerprint density at radius 2 is 1.94 bits per heavy atom. The van der Waals surface area contributed by atoms with Gasteiger partial charge in [0.15, 0.2) is 0 Å². The number of ether oxygens (including phenoxy) is 1. The van der Waals surface area contributed by atoms with Crippen LogP contribution in [0.2, 0.25) is 0 Å². The summed E-state index contributed by atoms with van der Waals surface area (Å²) in [6.45, 7) is 1.90. The molecule has 162 valence electrons. The van der Waals surface area contributed by atoms with Crippen LogP contribution in [0.5, 0.6) is 5.75 Å². The van der Waals surface area contributed by atoms with Gasteiger partial charge in [-0.2, -0.15) is 0 Å². The zero-order valence-corrected chi connectivity index (χ0v) is 18.0. The molecule has 0 bridgehead atoms. The molecule has 3 rings (SSSR count). The molecular formula is C21H22N4O5S. The zero-order chi connectivity index (χ0) is 22.6. The molecule has 0 saturated heterocycles. The van der Waals surface area contributed by atoms with Crippen LogP contribution in [0.15, 0.2) is 58.2 Å². The third kappa shape index (κ3) is 4.98. The number of nitrogens with zero attached hydrogens (tertiary/aromatic N) is 1. The van der Waals surface area contributed by atoms with Gasteiger partial charge in [0.05, 0.1) is 7.11 Å². The molecule has 0 aliphatic rings. The summed E-state index contributed by atoms with van der Waals surface area (Å²) in [5, 5.41) is 2.73. The van der Waals surface area contributed by atoms with E-state index in [1.807, 2.05) is 6.92 Å². The third-order valence-corrected chi connectivity index (χ3v) is 5.97. The first-order valence-electron chi connectivity index (χ1n) is 9.41. The topological polar surface area (TPSA) is 130 Å². The first-order valence-corrected chi connectivity index (χ1v) is 10.9. The van der Waals surface area contributed by atoms with Crippen molar-refractivity contribution >= 4 is 21.6 Å². The van der Waals surface area contributed by atoms with Crippen LogP contribution < -0.4 is 20.3 Å². The first kappa shape index (κ1) is 22.2. The van der Waals surface area contributed by atoms with Crippen molar-refractivity contribution in [3.8, 4) is 17.1 Å². The van der Waals surface area contributed by atoms with E-state index < -0.39 is 15.9 Å². The number of sulfonamides is 1. The van der Waals surface area contributed by atoms with Gasteiger partial charge in [0, 0.05) is 28.6 Å². The number of carbonyl (C=O) groups is 1. The second-order valence-electron chi connectivity index (χ2n) is 6.55. The maximum Gasteiger partial charge on any atom is 0.255 e. The highest BCUT2D eigenvalue weighted by molar-refractivity contribution is 7.89. The lowest BCUT2D eigenvalue weighted by Crippen LogP contribution is -2.20. The highest BCUT2D eigenvalue weighted by Crippen LogP contribution is 2.25. The van der Waals surface area contributed by atoms with Crippen LogP contribution >= 0.6 is 0 Å². The van der Waals surface area contributed by atoms with Gasteiger partial charge in [0.1, 0.15) is 16.5 Å². The number of anilines is 1. The van der Waals surface area contributed by atoms with Gasteiger partial charge in [-0.05, 0) is 43.8 Å². The Labute approximate surface area is 179 Å². The second-order valence-corrected chi connectivity index (χ2v) is 8.40. The van der Waals surface area contributed by atoms with Crippen molar-refractivity contribution in [2.75, 3.05) is 19.5 Å². The summed E-state index contributed by atoms with van der Waals surface area (Å²) in [4.78, 5) is 31.6. The molecule has 1 heterocycles. The molecule has 1 aromatic heterocycles. The molecule has 0 radical (unpaired) electrons. The van der Waals surface area contributed by atoms with E-state index in [-0.39, 0.29) is 21.8 Å². The summed E-state index contributed by atoms with van der Waals surface area (Å²) < 4.78 is 31.8. The maximum absolute atomic E-state index is 12.7. The molecule has 0 saturated carbocycles. The summed E-state index contributed by atoms with van der Waals surface area (Å²) in [5.74, 6) is 0.0159. The zero-order valence-electron chi connectivity index (χ0n) is 17.2. The Balaban J connectivity index is 1.91.